The molecule has 1 aliphatic rings. The first-order valence-electron chi connectivity index (χ1n) is 4.52. The van der Waals surface area contributed by atoms with Crippen molar-refractivity contribution < 1.29 is 4.79 Å². The zero-order valence-corrected chi connectivity index (χ0v) is 8.18. The second-order valence-corrected chi connectivity index (χ2v) is 3.89. The monoisotopic (exact) mass is 186 g/mol. The van der Waals surface area contributed by atoms with Gasteiger partial charge >= 0.3 is 0 Å². The minimum atomic E-state index is 0.240. The van der Waals surface area contributed by atoms with Gasteiger partial charge < -0.3 is 0 Å². The standard InChI is InChI=1S/C10H15ClO/c1-8-4-5-10(12)9(7-8)3-2-6-11/h2,6,8-9H,3-5,7H2,1H3/b6-2+. The molecular weight excluding hydrogens is 172 g/mol. The van der Waals surface area contributed by atoms with Gasteiger partial charge in [-0.2, -0.15) is 0 Å². The molecule has 1 fully saturated rings. The van der Waals surface area contributed by atoms with Crippen LogP contribution < -0.4 is 0 Å². The quantitative estimate of drug-likeness (QED) is 0.648. The highest BCUT2D eigenvalue weighted by molar-refractivity contribution is 6.25. The molecule has 0 saturated heterocycles. The second-order valence-electron chi connectivity index (χ2n) is 3.64. The van der Waals surface area contributed by atoms with Crippen molar-refractivity contribution in [2.45, 2.75) is 32.6 Å². The van der Waals surface area contributed by atoms with Gasteiger partial charge in [-0.25, -0.2) is 0 Å². The van der Waals surface area contributed by atoms with Crippen LogP contribution in [-0.2, 0) is 4.79 Å². The van der Waals surface area contributed by atoms with Gasteiger partial charge in [-0.15, -0.1) is 0 Å². The summed E-state index contributed by atoms with van der Waals surface area (Å²) in [4.78, 5) is 11.4. The highest BCUT2D eigenvalue weighted by atomic mass is 35.5. The molecule has 0 heterocycles. The minimum Gasteiger partial charge on any atom is -0.299 e. The maximum absolute atomic E-state index is 11.4. The van der Waals surface area contributed by atoms with E-state index in [2.05, 4.69) is 6.92 Å². The molecule has 2 unspecified atom stereocenters. The summed E-state index contributed by atoms with van der Waals surface area (Å²) in [6.45, 7) is 2.21. The largest absolute Gasteiger partial charge is 0.299 e. The molecule has 12 heavy (non-hydrogen) atoms. The second kappa shape index (κ2) is 4.66. The molecule has 1 rings (SSSR count). The summed E-state index contributed by atoms with van der Waals surface area (Å²) < 4.78 is 0. The van der Waals surface area contributed by atoms with Crippen LogP contribution in [0.2, 0.25) is 0 Å². The summed E-state index contributed by atoms with van der Waals surface area (Å²) in [6, 6.07) is 0. The number of halogens is 1. The Labute approximate surface area is 78.8 Å². The SMILES string of the molecule is CC1CCC(=O)C(C/C=C/Cl)C1. The maximum atomic E-state index is 11.4. The summed E-state index contributed by atoms with van der Waals surface area (Å²) in [7, 11) is 0. The number of carbonyl (C=O) groups is 1. The normalized spacial score (nSPS) is 31.3. The van der Waals surface area contributed by atoms with E-state index in [1.807, 2.05) is 6.08 Å². The smallest absolute Gasteiger partial charge is 0.136 e. The average molecular weight is 187 g/mol. The maximum Gasteiger partial charge on any atom is 0.136 e. The molecule has 2 atom stereocenters. The van der Waals surface area contributed by atoms with Gasteiger partial charge in [0.25, 0.3) is 0 Å². The minimum absolute atomic E-state index is 0.240. The van der Waals surface area contributed by atoms with Gasteiger partial charge in [0.05, 0.1) is 0 Å². The molecular formula is C10H15ClO. The summed E-state index contributed by atoms with van der Waals surface area (Å²) in [5.74, 6) is 1.36. The Hall–Kier alpha value is -0.300. The van der Waals surface area contributed by atoms with Crippen molar-refractivity contribution in [1.29, 1.82) is 0 Å². The van der Waals surface area contributed by atoms with Crippen molar-refractivity contribution in [2.24, 2.45) is 11.8 Å². The molecule has 0 bridgehead atoms. The van der Waals surface area contributed by atoms with Crippen LogP contribution >= 0.6 is 11.6 Å². The van der Waals surface area contributed by atoms with E-state index in [-0.39, 0.29) is 5.92 Å². The van der Waals surface area contributed by atoms with Crippen molar-refractivity contribution in [1.82, 2.24) is 0 Å². The lowest BCUT2D eigenvalue weighted by atomic mass is 9.80. The van der Waals surface area contributed by atoms with Gasteiger partial charge in [-0.1, -0.05) is 24.6 Å². The van der Waals surface area contributed by atoms with Crippen molar-refractivity contribution in [3.63, 3.8) is 0 Å². The van der Waals surface area contributed by atoms with Crippen molar-refractivity contribution in [2.75, 3.05) is 0 Å². The lowest BCUT2D eigenvalue weighted by molar-refractivity contribution is -0.125. The van der Waals surface area contributed by atoms with Crippen LogP contribution in [0.1, 0.15) is 32.6 Å². The first-order chi connectivity index (χ1) is 5.74. The number of ketones is 1. The van der Waals surface area contributed by atoms with E-state index < -0.39 is 0 Å². The van der Waals surface area contributed by atoms with E-state index in [1.54, 1.807) is 0 Å². The van der Waals surface area contributed by atoms with E-state index in [0.717, 1.165) is 25.7 Å². The number of Topliss-reactive ketones (excluding diaryl/α,β-unsaturated/α-hetero) is 1. The molecule has 1 nitrogen and oxygen atoms in total. The summed E-state index contributed by atoms with van der Waals surface area (Å²) in [5.41, 5.74) is 1.51. The number of rotatable bonds is 2. The van der Waals surface area contributed by atoms with E-state index in [1.165, 1.54) is 5.54 Å². The lowest BCUT2D eigenvalue weighted by Crippen LogP contribution is -2.22. The Balaban J connectivity index is 2.43. The summed E-state index contributed by atoms with van der Waals surface area (Å²) >= 11 is 5.41. The zero-order chi connectivity index (χ0) is 8.97. The fourth-order valence-electron chi connectivity index (χ4n) is 1.77. The number of carbonyl (C=O) groups excluding carboxylic acids is 1. The Morgan fingerprint density at radius 1 is 1.67 bits per heavy atom. The van der Waals surface area contributed by atoms with Crippen molar-refractivity contribution >= 4 is 17.4 Å². The number of allylic oxidation sites excluding steroid dienone is 1. The van der Waals surface area contributed by atoms with Crippen LogP contribution in [0.5, 0.6) is 0 Å². The van der Waals surface area contributed by atoms with E-state index in [4.69, 9.17) is 11.6 Å². The third-order valence-corrected chi connectivity index (χ3v) is 2.71. The summed E-state index contributed by atoms with van der Waals surface area (Å²) in [6.07, 6.45) is 5.58. The van der Waals surface area contributed by atoms with Gasteiger partial charge in [-0.3, -0.25) is 4.79 Å². The molecule has 0 spiro atoms. The van der Waals surface area contributed by atoms with Crippen molar-refractivity contribution in [3.8, 4) is 0 Å². The van der Waals surface area contributed by atoms with Crippen LogP contribution in [0, 0.1) is 11.8 Å². The van der Waals surface area contributed by atoms with Crippen LogP contribution in [0.25, 0.3) is 0 Å². The third kappa shape index (κ3) is 2.63. The predicted octanol–water partition coefficient (Wildman–Crippen LogP) is 3.13. The number of hydrogen-bond donors (Lipinski definition) is 0. The molecule has 1 aliphatic carbocycles. The Morgan fingerprint density at radius 3 is 3.08 bits per heavy atom. The van der Waals surface area contributed by atoms with Crippen LogP contribution in [0.4, 0.5) is 0 Å². The van der Waals surface area contributed by atoms with E-state index >= 15 is 0 Å². The van der Waals surface area contributed by atoms with E-state index in [0.29, 0.717) is 11.7 Å². The third-order valence-electron chi connectivity index (χ3n) is 2.54. The van der Waals surface area contributed by atoms with Crippen LogP contribution in [0.15, 0.2) is 11.6 Å². The van der Waals surface area contributed by atoms with Gasteiger partial charge in [0.2, 0.25) is 0 Å². The fraction of sp³-hybridized carbons (Fsp3) is 0.700. The Morgan fingerprint density at radius 2 is 2.42 bits per heavy atom. The van der Waals surface area contributed by atoms with Gasteiger partial charge in [0.1, 0.15) is 5.78 Å². The predicted molar refractivity (Wildman–Crippen MR) is 51.1 cm³/mol. The first kappa shape index (κ1) is 9.79. The molecule has 0 amide bonds. The molecule has 0 aromatic rings. The molecule has 0 N–H and O–H groups in total. The first-order valence-corrected chi connectivity index (χ1v) is 4.95. The molecule has 2 heteroatoms. The lowest BCUT2D eigenvalue weighted by Gasteiger charge is -2.24. The highest BCUT2D eigenvalue weighted by Gasteiger charge is 2.24. The van der Waals surface area contributed by atoms with Crippen LogP contribution in [-0.4, -0.2) is 5.78 Å². The fourth-order valence-corrected chi connectivity index (χ4v) is 1.87. The number of hydrogen-bond acceptors (Lipinski definition) is 1. The molecule has 0 radical (unpaired) electrons. The molecule has 0 aromatic heterocycles. The van der Waals surface area contributed by atoms with Crippen LogP contribution in [0.3, 0.4) is 0 Å². The molecule has 0 aromatic carbocycles. The van der Waals surface area contributed by atoms with Gasteiger partial charge in [0, 0.05) is 17.9 Å². The zero-order valence-electron chi connectivity index (χ0n) is 7.42. The van der Waals surface area contributed by atoms with Gasteiger partial charge in [-0.05, 0) is 25.2 Å². The Kier molecular flexibility index (Phi) is 3.80. The molecule has 68 valence electrons. The molecule has 1 saturated carbocycles. The topological polar surface area (TPSA) is 17.1 Å². The van der Waals surface area contributed by atoms with E-state index in [9.17, 15) is 4.79 Å². The van der Waals surface area contributed by atoms with Crippen molar-refractivity contribution in [3.05, 3.63) is 11.6 Å². The molecule has 0 aliphatic heterocycles. The average Bonchev–Trinajstić information content (AvgIpc) is 2.07. The van der Waals surface area contributed by atoms with Gasteiger partial charge in [0.15, 0.2) is 0 Å². The Bertz CT molecular complexity index is 186. The highest BCUT2D eigenvalue weighted by Crippen LogP contribution is 2.28. The summed E-state index contributed by atoms with van der Waals surface area (Å²) in [5, 5.41) is 0.